The summed E-state index contributed by atoms with van der Waals surface area (Å²) in [6.07, 6.45) is -4.39. The van der Waals surface area contributed by atoms with Crippen LogP contribution in [-0.2, 0) is 16.1 Å². The lowest BCUT2D eigenvalue weighted by molar-refractivity contribution is -0.185. The molecule has 0 aliphatic heterocycles. The third-order valence-corrected chi connectivity index (χ3v) is 3.54. The molecule has 25 heavy (non-hydrogen) atoms. The van der Waals surface area contributed by atoms with Crippen molar-refractivity contribution in [1.82, 2.24) is 4.90 Å². The van der Waals surface area contributed by atoms with Crippen molar-refractivity contribution in [3.05, 3.63) is 29.8 Å². The Morgan fingerprint density at radius 3 is 2.44 bits per heavy atom. The maximum absolute atomic E-state index is 12.6. The van der Waals surface area contributed by atoms with Crippen LogP contribution < -0.4 is 11.1 Å². The van der Waals surface area contributed by atoms with Gasteiger partial charge in [0.25, 0.3) is 0 Å². The molecule has 0 saturated carbocycles. The summed E-state index contributed by atoms with van der Waals surface area (Å²) in [4.78, 5) is 24.1. The van der Waals surface area contributed by atoms with Crippen molar-refractivity contribution in [2.45, 2.75) is 46.0 Å². The molecule has 0 bridgehead atoms. The van der Waals surface area contributed by atoms with Crippen LogP contribution in [0.4, 0.5) is 18.9 Å². The highest BCUT2D eigenvalue weighted by molar-refractivity contribution is 5.94. The predicted molar refractivity (Wildman–Crippen MR) is 89.6 cm³/mol. The van der Waals surface area contributed by atoms with Gasteiger partial charge in [0.05, 0.1) is 6.04 Å². The van der Waals surface area contributed by atoms with Crippen LogP contribution in [-0.4, -0.2) is 35.5 Å². The van der Waals surface area contributed by atoms with E-state index in [1.54, 1.807) is 18.2 Å². The number of nitrogens with one attached hydrogen (secondary N) is 1. The van der Waals surface area contributed by atoms with E-state index in [0.29, 0.717) is 22.6 Å². The first-order chi connectivity index (χ1) is 11.5. The summed E-state index contributed by atoms with van der Waals surface area (Å²) in [7, 11) is 0. The zero-order chi connectivity index (χ0) is 19.2. The topological polar surface area (TPSA) is 75.4 Å². The molecule has 1 rings (SSSR count). The van der Waals surface area contributed by atoms with Gasteiger partial charge in [0.1, 0.15) is 0 Å². The second kappa shape index (κ2) is 8.84. The summed E-state index contributed by atoms with van der Waals surface area (Å²) in [5.41, 5.74) is 6.71. The van der Waals surface area contributed by atoms with Gasteiger partial charge in [-0.25, -0.2) is 0 Å². The van der Waals surface area contributed by atoms with E-state index in [2.05, 4.69) is 5.32 Å². The van der Waals surface area contributed by atoms with Crippen molar-refractivity contribution in [3.63, 3.8) is 0 Å². The van der Waals surface area contributed by atoms with Crippen molar-refractivity contribution in [1.29, 1.82) is 0 Å². The molecule has 0 fully saturated rings. The van der Waals surface area contributed by atoms with Crippen molar-refractivity contribution in [3.8, 4) is 0 Å². The van der Waals surface area contributed by atoms with E-state index in [0.717, 1.165) is 0 Å². The van der Waals surface area contributed by atoms with Crippen LogP contribution in [0.15, 0.2) is 24.3 Å². The fourth-order valence-corrected chi connectivity index (χ4v) is 2.32. The van der Waals surface area contributed by atoms with Gasteiger partial charge in [-0.3, -0.25) is 9.59 Å². The van der Waals surface area contributed by atoms with Gasteiger partial charge in [-0.1, -0.05) is 26.0 Å². The molecule has 0 unspecified atom stereocenters. The molecule has 1 aromatic carbocycles. The van der Waals surface area contributed by atoms with Crippen LogP contribution in [0.25, 0.3) is 0 Å². The third-order valence-electron chi connectivity index (χ3n) is 3.54. The van der Waals surface area contributed by atoms with Crippen LogP contribution in [0.5, 0.6) is 0 Å². The molecule has 2 amide bonds. The molecule has 0 aromatic heterocycles. The van der Waals surface area contributed by atoms with E-state index in [-0.39, 0.29) is 24.9 Å². The number of hydrogen-bond donors (Lipinski definition) is 2. The Morgan fingerprint density at radius 2 is 1.92 bits per heavy atom. The number of halogens is 3. The van der Waals surface area contributed by atoms with E-state index in [1.165, 1.54) is 13.0 Å². The molecule has 0 aliphatic carbocycles. The number of carbonyl (C=O) groups excluding carboxylic acids is 2. The summed E-state index contributed by atoms with van der Waals surface area (Å²) in [5, 5.41) is 2.65. The maximum Gasteiger partial charge on any atom is 0.471 e. The molecule has 0 spiro atoms. The summed E-state index contributed by atoms with van der Waals surface area (Å²) in [6.45, 7) is 5.10. The standard InChI is InChI=1S/C17H24F3N3O2/c1-4-23(16(25)17(18,19)20)10-12-6-5-7-13(9-12)22-15(24)14(21)8-11(2)3/h5-7,9,11,14H,4,8,10,21H2,1-3H3,(H,22,24)/t14-/m0/s1. The largest absolute Gasteiger partial charge is 0.471 e. The second-order valence-electron chi connectivity index (χ2n) is 6.24. The molecule has 3 N–H and O–H groups in total. The van der Waals surface area contributed by atoms with E-state index < -0.39 is 18.1 Å². The Morgan fingerprint density at radius 1 is 1.28 bits per heavy atom. The first-order valence-electron chi connectivity index (χ1n) is 8.06. The number of amides is 2. The smallest absolute Gasteiger partial charge is 0.331 e. The number of nitrogens with two attached hydrogens (primary N) is 1. The van der Waals surface area contributed by atoms with E-state index in [9.17, 15) is 22.8 Å². The Labute approximate surface area is 145 Å². The predicted octanol–water partition coefficient (Wildman–Crippen LogP) is 2.91. The minimum atomic E-state index is -4.91. The first kappa shape index (κ1) is 21.0. The number of anilines is 1. The van der Waals surface area contributed by atoms with Gasteiger partial charge in [0.15, 0.2) is 0 Å². The highest BCUT2D eigenvalue weighted by Crippen LogP contribution is 2.21. The third kappa shape index (κ3) is 6.74. The molecule has 0 saturated heterocycles. The Hall–Kier alpha value is -2.09. The quantitative estimate of drug-likeness (QED) is 0.786. The Kier molecular flexibility index (Phi) is 7.41. The van der Waals surface area contributed by atoms with Gasteiger partial charge in [-0.05, 0) is 37.0 Å². The van der Waals surface area contributed by atoms with Crippen LogP contribution in [0.3, 0.4) is 0 Å². The molecular formula is C17H24F3N3O2. The average molecular weight is 359 g/mol. The lowest BCUT2D eigenvalue weighted by atomic mass is 10.0. The van der Waals surface area contributed by atoms with Gasteiger partial charge in [-0.2, -0.15) is 13.2 Å². The monoisotopic (exact) mass is 359 g/mol. The number of hydrogen-bond acceptors (Lipinski definition) is 3. The van der Waals surface area contributed by atoms with Gasteiger partial charge >= 0.3 is 12.1 Å². The zero-order valence-corrected chi connectivity index (χ0v) is 14.6. The van der Waals surface area contributed by atoms with Crippen LogP contribution in [0, 0.1) is 5.92 Å². The fraction of sp³-hybridized carbons (Fsp3) is 0.529. The Balaban J connectivity index is 2.80. The Bertz CT molecular complexity index is 603. The normalized spacial score (nSPS) is 12.8. The molecule has 5 nitrogen and oxygen atoms in total. The van der Waals surface area contributed by atoms with Crippen molar-refractivity contribution in [2.24, 2.45) is 11.7 Å². The summed E-state index contributed by atoms with van der Waals surface area (Å²) >= 11 is 0. The van der Waals surface area contributed by atoms with Crippen LogP contribution in [0.1, 0.15) is 32.8 Å². The molecule has 0 radical (unpaired) electrons. The van der Waals surface area contributed by atoms with Gasteiger partial charge in [-0.15, -0.1) is 0 Å². The highest BCUT2D eigenvalue weighted by Gasteiger charge is 2.41. The van der Waals surface area contributed by atoms with Gasteiger partial charge < -0.3 is 16.0 Å². The van der Waals surface area contributed by atoms with Crippen LogP contribution in [0.2, 0.25) is 0 Å². The molecule has 1 aromatic rings. The number of benzene rings is 1. The lowest BCUT2D eigenvalue weighted by Crippen LogP contribution is -2.40. The SMILES string of the molecule is CCN(Cc1cccc(NC(=O)[C@@H](N)CC(C)C)c1)C(=O)C(F)(F)F. The lowest BCUT2D eigenvalue weighted by Gasteiger charge is -2.22. The van der Waals surface area contributed by atoms with Crippen molar-refractivity contribution < 1.29 is 22.8 Å². The second-order valence-corrected chi connectivity index (χ2v) is 6.24. The minimum absolute atomic E-state index is 0.0752. The molecule has 8 heteroatoms. The number of carbonyl (C=O) groups is 2. The summed E-state index contributed by atoms with van der Waals surface area (Å²) < 4.78 is 37.7. The molecule has 140 valence electrons. The van der Waals surface area contributed by atoms with Crippen molar-refractivity contribution in [2.75, 3.05) is 11.9 Å². The van der Waals surface area contributed by atoms with E-state index in [4.69, 9.17) is 5.73 Å². The van der Waals surface area contributed by atoms with E-state index in [1.807, 2.05) is 13.8 Å². The average Bonchev–Trinajstić information content (AvgIpc) is 2.50. The van der Waals surface area contributed by atoms with Gasteiger partial charge in [0.2, 0.25) is 5.91 Å². The molecule has 0 aliphatic rings. The first-order valence-corrected chi connectivity index (χ1v) is 8.06. The van der Waals surface area contributed by atoms with Gasteiger partial charge in [0, 0.05) is 18.8 Å². The molecule has 1 atom stereocenters. The number of rotatable bonds is 7. The van der Waals surface area contributed by atoms with Crippen molar-refractivity contribution >= 4 is 17.5 Å². The molecule has 0 heterocycles. The zero-order valence-electron chi connectivity index (χ0n) is 14.6. The highest BCUT2D eigenvalue weighted by atomic mass is 19.4. The summed E-state index contributed by atoms with van der Waals surface area (Å²) in [6, 6.07) is 5.68. The van der Waals surface area contributed by atoms with E-state index >= 15 is 0 Å². The maximum atomic E-state index is 12.6. The molecular weight excluding hydrogens is 335 g/mol. The van der Waals surface area contributed by atoms with Crippen LogP contribution >= 0.6 is 0 Å². The fourth-order valence-electron chi connectivity index (χ4n) is 2.32. The summed E-state index contributed by atoms with van der Waals surface area (Å²) in [5.74, 6) is -1.98. The number of alkyl halides is 3. The number of nitrogens with zero attached hydrogens (tertiary/aromatic N) is 1. The minimum Gasteiger partial charge on any atom is -0.331 e.